The Morgan fingerprint density at radius 1 is 1.21 bits per heavy atom. The van der Waals surface area contributed by atoms with Crippen molar-refractivity contribution in [2.75, 3.05) is 26.7 Å². The van der Waals surface area contributed by atoms with Crippen molar-refractivity contribution in [3.63, 3.8) is 0 Å². The van der Waals surface area contributed by atoms with Crippen molar-refractivity contribution >= 4 is 29.9 Å². The number of para-hydroxylation sites is 1. The van der Waals surface area contributed by atoms with Gasteiger partial charge in [0, 0.05) is 37.8 Å². The zero-order chi connectivity index (χ0) is 17.1. The Hall–Kier alpha value is -1.28. The van der Waals surface area contributed by atoms with Gasteiger partial charge >= 0.3 is 0 Å². The molecule has 0 heterocycles. The molecular formula is C18H31IN4O. The predicted molar refractivity (Wildman–Crippen MR) is 114 cm³/mol. The van der Waals surface area contributed by atoms with Crippen LogP contribution in [0.15, 0.2) is 41.9 Å². The van der Waals surface area contributed by atoms with Gasteiger partial charge < -0.3 is 20.7 Å². The summed E-state index contributed by atoms with van der Waals surface area (Å²) >= 11 is 0. The molecule has 1 aromatic rings. The molecule has 136 valence electrons. The maximum Gasteiger partial charge on any atom is 0.191 e. The van der Waals surface area contributed by atoms with Crippen molar-refractivity contribution in [1.82, 2.24) is 16.0 Å². The highest BCUT2D eigenvalue weighted by Crippen LogP contribution is 2.17. The van der Waals surface area contributed by atoms with Gasteiger partial charge in [0.15, 0.2) is 5.96 Å². The van der Waals surface area contributed by atoms with Crippen LogP contribution in [0.4, 0.5) is 0 Å². The molecule has 0 amide bonds. The second-order valence-corrected chi connectivity index (χ2v) is 6.24. The average molecular weight is 446 g/mol. The van der Waals surface area contributed by atoms with Gasteiger partial charge in [-0.3, -0.25) is 4.99 Å². The van der Waals surface area contributed by atoms with Gasteiger partial charge in [0.05, 0.1) is 0 Å². The lowest BCUT2D eigenvalue weighted by atomic mass is 10.1. The number of hydrogen-bond acceptors (Lipinski definition) is 3. The zero-order valence-corrected chi connectivity index (χ0v) is 17.5. The van der Waals surface area contributed by atoms with Crippen LogP contribution in [0, 0.1) is 0 Å². The number of rotatable bonds is 8. The molecule has 0 spiro atoms. The van der Waals surface area contributed by atoms with Gasteiger partial charge in [0.25, 0.3) is 0 Å². The second-order valence-electron chi connectivity index (χ2n) is 6.24. The summed E-state index contributed by atoms with van der Waals surface area (Å²) in [5, 5.41) is 10.0. The van der Waals surface area contributed by atoms with Crippen LogP contribution in [0.2, 0.25) is 0 Å². The number of benzene rings is 1. The summed E-state index contributed by atoms with van der Waals surface area (Å²) in [5.74, 6) is 1.64. The predicted octanol–water partition coefficient (Wildman–Crippen LogP) is 2.92. The fourth-order valence-electron chi connectivity index (χ4n) is 1.96. The summed E-state index contributed by atoms with van der Waals surface area (Å²) in [4.78, 5) is 4.24. The van der Waals surface area contributed by atoms with Gasteiger partial charge in [-0.2, -0.15) is 0 Å². The molecule has 5 nitrogen and oxygen atoms in total. The molecular weight excluding hydrogens is 415 g/mol. The smallest absolute Gasteiger partial charge is 0.191 e. The van der Waals surface area contributed by atoms with Crippen molar-refractivity contribution in [2.45, 2.75) is 32.9 Å². The first-order valence-electron chi connectivity index (χ1n) is 7.97. The van der Waals surface area contributed by atoms with Gasteiger partial charge in [-0.15, -0.1) is 24.0 Å². The topological polar surface area (TPSA) is 57.7 Å². The molecule has 0 atom stereocenters. The highest BCUT2D eigenvalue weighted by molar-refractivity contribution is 14.0. The van der Waals surface area contributed by atoms with Gasteiger partial charge in [0.1, 0.15) is 12.4 Å². The van der Waals surface area contributed by atoms with Gasteiger partial charge in [-0.05, 0) is 26.8 Å². The minimum atomic E-state index is 0. The van der Waals surface area contributed by atoms with E-state index in [9.17, 15) is 0 Å². The number of aliphatic imine (C=N–C) groups is 1. The van der Waals surface area contributed by atoms with Crippen LogP contribution in [-0.4, -0.2) is 38.2 Å². The lowest BCUT2D eigenvalue weighted by molar-refractivity contribution is 0.358. The SMILES string of the molecule is C=CCOc1ccccc1CNC(=NC)NCCNC(C)(C)C.I. The summed E-state index contributed by atoms with van der Waals surface area (Å²) < 4.78 is 5.66. The normalized spacial score (nSPS) is 11.4. The van der Waals surface area contributed by atoms with E-state index < -0.39 is 0 Å². The van der Waals surface area contributed by atoms with E-state index in [4.69, 9.17) is 4.74 Å². The lowest BCUT2D eigenvalue weighted by Gasteiger charge is -2.21. The van der Waals surface area contributed by atoms with Crippen LogP contribution in [0.1, 0.15) is 26.3 Å². The Kier molecular flexibility index (Phi) is 11.5. The van der Waals surface area contributed by atoms with Crippen LogP contribution in [0.3, 0.4) is 0 Å². The number of nitrogens with one attached hydrogen (secondary N) is 3. The number of halogens is 1. The first-order valence-corrected chi connectivity index (χ1v) is 7.97. The highest BCUT2D eigenvalue weighted by Gasteiger charge is 2.08. The molecule has 24 heavy (non-hydrogen) atoms. The Balaban J connectivity index is 0.00000529. The molecule has 0 aliphatic heterocycles. The van der Waals surface area contributed by atoms with Crippen LogP contribution >= 0.6 is 24.0 Å². The van der Waals surface area contributed by atoms with Crippen molar-refractivity contribution < 1.29 is 4.74 Å². The van der Waals surface area contributed by atoms with E-state index >= 15 is 0 Å². The summed E-state index contributed by atoms with van der Waals surface area (Å²) in [5.41, 5.74) is 1.21. The minimum Gasteiger partial charge on any atom is -0.489 e. The maximum absolute atomic E-state index is 5.66. The molecule has 1 aromatic carbocycles. The monoisotopic (exact) mass is 446 g/mol. The number of nitrogens with zero attached hydrogens (tertiary/aromatic N) is 1. The standard InChI is InChI=1S/C18H30N4O.HI/c1-6-13-23-16-10-8-7-9-15(16)14-21-17(19-5)20-11-12-22-18(2,3)4;/h6-10,22H,1,11-14H2,2-5H3,(H2,19,20,21);1H. The fraction of sp³-hybridized carbons (Fsp3) is 0.500. The molecule has 6 heteroatoms. The van der Waals surface area contributed by atoms with Crippen molar-refractivity contribution in [1.29, 1.82) is 0 Å². The van der Waals surface area contributed by atoms with Crippen molar-refractivity contribution in [2.24, 2.45) is 4.99 Å². The first-order chi connectivity index (χ1) is 11.0. The molecule has 0 radical (unpaired) electrons. The summed E-state index contributed by atoms with van der Waals surface area (Å²) in [6, 6.07) is 7.97. The van der Waals surface area contributed by atoms with E-state index in [1.807, 2.05) is 24.3 Å². The summed E-state index contributed by atoms with van der Waals surface area (Å²) in [6.07, 6.45) is 1.74. The van der Waals surface area contributed by atoms with E-state index in [1.165, 1.54) is 0 Å². The first kappa shape index (κ1) is 22.7. The molecule has 0 aliphatic rings. The van der Waals surface area contributed by atoms with E-state index in [2.05, 4.69) is 48.3 Å². The Morgan fingerprint density at radius 3 is 2.54 bits per heavy atom. The molecule has 0 bridgehead atoms. The van der Waals surface area contributed by atoms with Crippen LogP contribution in [-0.2, 0) is 6.54 Å². The minimum absolute atomic E-state index is 0. The fourth-order valence-corrected chi connectivity index (χ4v) is 1.96. The molecule has 0 fully saturated rings. The molecule has 0 aliphatic carbocycles. The molecule has 1 rings (SSSR count). The molecule has 0 aromatic heterocycles. The Labute approximate surface area is 163 Å². The third-order valence-electron chi connectivity index (χ3n) is 3.07. The summed E-state index contributed by atoms with van der Waals surface area (Å²) in [6.45, 7) is 13.0. The third kappa shape index (κ3) is 9.77. The largest absolute Gasteiger partial charge is 0.489 e. The van der Waals surface area contributed by atoms with Gasteiger partial charge in [0.2, 0.25) is 0 Å². The van der Waals surface area contributed by atoms with E-state index in [-0.39, 0.29) is 29.5 Å². The van der Waals surface area contributed by atoms with Crippen LogP contribution in [0.5, 0.6) is 5.75 Å². The molecule has 0 unspecified atom stereocenters. The van der Waals surface area contributed by atoms with Crippen molar-refractivity contribution in [3.05, 3.63) is 42.5 Å². The van der Waals surface area contributed by atoms with Crippen LogP contribution in [0.25, 0.3) is 0 Å². The molecule has 3 N–H and O–H groups in total. The number of ether oxygens (including phenoxy) is 1. The average Bonchev–Trinajstić information content (AvgIpc) is 2.52. The van der Waals surface area contributed by atoms with Crippen LogP contribution < -0.4 is 20.7 Å². The number of guanidine groups is 1. The van der Waals surface area contributed by atoms with Gasteiger partial charge in [-0.1, -0.05) is 30.9 Å². The maximum atomic E-state index is 5.66. The van der Waals surface area contributed by atoms with E-state index in [0.29, 0.717) is 13.2 Å². The highest BCUT2D eigenvalue weighted by atomic mass is 127. The van der Waals surface area contributed by atoms with Crippen molar-refractivity contribution in [3.8, 4) is 5.75 Å². The van der Waals surface area contributed by atoms with E-state index in [0.717, 1.165) is 30.4 Å². The molecule has 0 saturated heterocycles. The third-order valence-corrected chi connectivity index (χ3v) is 3.07. The zero-order valence-electron chi connectivity index (χ0n) is 15.2. The van der Waals surface area contributed by atoms with E-state index in [1.54, 1.807) is 13.1 Å². The second kappa shape index (κ2) is 12.1. The quantitative estimate of drug-likeness (QED) is 0.189. The Morgan fingerprint density at radius 2 is 1.92 bits per heavy atom. The lowest BCUT2D eigenvalue weighted by Crippen LogP contribution is -2.44. The summed E-state index contributed by atoms with van der Waals surface area (Å²) in [7, 11) is 1.77. The number of hydrogen-bond donors (Lipinski definition) is 3. The Bertz CT molecular complexity index is 512. The van der Waals surface area contributed by atoms with Gasteiger partial charge in [-0.25, -0.2) is 0 Å². The molecule has 0 saturated carbocycles.